The monoisotopic (exact) mass is 139 g/mol. The fourth-order valence-electron chi connectivity index (χ4n) is 0.801. The average molecular weight is 139 g/mol. The number of hydrogen-bond donors (Lipinski definition) is 0. The number of hydrogen-bond acceptors (Lipinski definition) is 0. The molecule has 0 radical (unpaired) electrons. The summed E-state index contributed by atoms with van der Waals surface area (Å²) in [6.45, 7) is 10.4. The molecule has 0 saturated heterocycles. The van der Waals surface area contributed by atoms with Crippen molar-refractivity contribution in [2.24, 2.45) is 5.92 Å². The van der Waals surface area contributed by atoms with E-state index < -0.39 is 0 Å². The van der Waals surface area contributed by atoms with Crippen molar-refractivity contribution in [1.29, 1.82) is 0 Å². The van der Waals surface area contributed by atoms with Crippen LogP contribution in [0.2, 0.25) is 0 Å². The summed E-state index contributed by atoms with van der Waals surface area (Å²) in [6, 6.07) is 0. The zero-order valence-corrected chi connectivity index (χ0v) is 7.48. The minimum absolute atomic E-state index is 0.788. The van der Waals surface area contributed by atoms with Crippen LogP contribution in [0, 0.1) is 12.8 Å². The summed E-state index contributed by atoms with van der Waals surface area (Å²) in [4.78, 5) is 0. The largest absolute Gasteiger partial charge is 0.343 e. The molecule has 0 nitrogen and oxygen atoms in total. The first-order chi connectivity index (χ1) is 4.66. The van der Waals surface area contributed by atoms with Gasteiger partial charge in [0.25, 0.3) is 0 Å². The molecular formula is C10H19-. The van der Waals surface area contributed by atoms with E-state index in [1.165, 1.54) is 18.4 Å². The molecular weight excluding hydrogens is 120 g/mol. The molecule has 1 unspecified atom stereocenters. The molecule has 0 bridgehead atoms. The van der Waals surface area contributed by atoms with Crippen LogP contribution in [0.25, 0.3) is 0 Å². The molecule has 0 aliphatic rings. The Kier molecular flexibility index (Phi) is 5.38. The molecule has 0 N–H and O–H groups in total. The van der Waals surface area contributed by atoms with Crippen molar-refractivity contribution in [3.05, 3.63) is 18.6 Å². The lowest BCUT2D eigenvalue weighted by atomic mass is 10.0. The van der Waals surface area contributed by atoms with Crippen LogP contribution in [0.5, 0.6) is 0 Å². The summed E-state index contributed by atoms with van der Waals surface area (Å²) in [5, 5.41) is 0. The van der Waals surface area contributed by atoms with E-state index >= 15 is 0 Å². The van der Waals surface area contributed by atoms with Crippen LogP contribution in [0.3, 0.4) is 0 Å². The van der Waals surface area contributed by atoms with Crippen molar-refractivity contribution in [3.8, 4) is 0 Å². The lowest BCUT2D eigenvalue weighted by Gasteiger charge is -2.08. The molecule has 0 saturated carbocycles. The van der Waals surface area contributed by atoms with Crippen molar-refractivity contribution < 1.29 is 0 Å². The van der Waals surface area contributed by atoms with Crippen molar-refractivity contribution >= 4 is 0 Å². The molecule has 0 spiro atoms. The lowest BCUT2D eigenvalue weighted by Crippen LogP contribution is -1.89. The van der Waals surface area contributed by atoms with Crippen LogP contribution < -0.4 is 0 Å². The third-order valence-corrected chi connectivity index (χ3v) is 1.70. The summed E-state index contributed by atoms with van der Waals surface area (Å²) in [7, 11) is 0. The predicted molar refractivity (Wildman–Crippen MR) is 47.8 cm³/mol. The Bertz CT molecular complexity index is 96.6. The van der Waals surface area contributed by atoms with E-state index in [-0.39, 0.29) is 0 Å². The molecule has 0 fully saturated rings. The Hall–Kier alpha value is -0.260. The van der Waals surface area contributed by atoms with Crippen molar-refractivity contribution in [3.63, 3.8) is 0 Å². The third kappa shape index (κ3) is 5.87. The minimum Gasteiger partial charge on any atom is -0.343 e. The van der Waals surface area contributed by atoms with Crippen molar-refractivity contribution in [1.82, 2.24) is 0 Å². The maximum absolute atomic E-state index is 3.86. The molecule has 0 aromatic heterocycles. The van der Waals surface area contributed by atoms with Gasteiger partial charge < -0.3 is 6.92 Å². The van der Waals surface area contributed by atoms with Crippen LogP contribution in [0.1, 0.15) is 40.0 Å². The topological polar surface area (TPSA) is 0 Å². The zero-order valence-electron chi connectivity index (χ0n) is 7.48. The van der Waals surface area contributed by atoms with Crippen LogP contribution in [0.15, 0.2) is 11.6 Å². The van der Waals surface area contributed by atoms with Gasteiger partial charge in [0.2, 0.25) is 0 Å². The van der Waals surface area contributed by atoms with E-state index in [9.17, 15) is 0 Å². The number of allylic oxidation sites excluding steroid dienone is 2. The second-order valence-electron chi connectivity index (χ2n) is 3.25. The highest BCUT2D eigenvalue weighted by atomic mass is 14.0. The molecule has 0 aromatic rings. The van der Waals surface area contributed by atoms with E-state index in [0.717, 1.165) is 12.3 Å². The van der Waals surface area contributed by atoms with Gasteiger partial charge in [-0.05, 0) is 26.7 Å². The molecule has 0 heteroatoms. The Morgan fingerprint density at radius 1 is 1.50 bits per heavy atom. The van der Waals surface area contributed by atoms with Gasteiger partial charge in [-0.25, -0.2) is 0 Å². The van der Waals surface area contributed by atoms with Gasteiger partial charge in [-0.2, -0.15) is 6.42 Å². The van der Waals surface area contributed by atoms with Crippen molar-refractivity contribution in [2.45, 2.75) is 40.0 Å². The maximum atomic E-state index is 3.86. The summed E-state index contributed by atoms with van der Waals surface area (Å²) < 4.78 is 0. The molecule has 10 heavy (non-hydrogen) atoms. The summed E-state index contributed by atoms with van der Waals surface area (Å²) in [5.41, 5.74) is 1.43. The first-order valence-corrected chi connectivity index (χ1v) is 4.09. The van der Waals surface area contributed by atoms with Gasteiger partial charge in [0, 0.05) is 0 Å². The smallest absolute Gasteiger partial charge is 0.0347 e. The van der Waals surface area contributed by atoms with E-state index in [4.69, 9.17) is 0 Å². The second kappa shape index (κ2) is 5.52. The molecule has 0 amide bonds. The highest BCUT2D eigenvalue weighted by molar-refractivity contribution is 4.92. The van der Waals surface area contributed by atoms with E-state index in [0.29, 0.717) is 0 Å². The highest BCUT2D eigenvalue weighted by Crippen LogP contribution is 2.10. The molecule has 0 rings (SSSR count). The summed E-state index contributed by atoms with van der Waals surface area (Å²) in [5.74, 6) is 0.788. The van der Waals surface area contributed by atoms with Gasteiger partial charge in [-0.3, -0.25) is 0 Å². The third-order valence-electron chi connectivity index (χ3n) is 1.70. The van der Waals surface area contributed by atoms with Crippen LogP contribution in [-0.4, -0.2) is 0 Å². The first-order valence-electron chi connectivity index (χ1n) is 4.09. The molecule has 1 atom stereocenters. The Labute approximate surface area is 65.3 Å². The van der Waals surface area contributed by atoms with Gasteiger partial charge in [-0.1, -0.05) is 24.5 Å². The van der Waals surface area contributed by atoms with E-state index in [1.54, 1.807) is 0 Å². The molecule has 0 aliphatic heterocycles. The maximum Gasteiger partial charge on any atom is -0.0347 e. The van der Waals surface area contributed by atoms with Crippen molar-refractivity contribution in [2.75, 3.05) is 0 Å². The van der Waals surface area contributed by atoms with E-state index in [1.807, 2.05) is 0 Å². The van der Waals surface area contributed by atoms with Gasteiger partial charge in [0.05, 0.1) is 0 Å². The SMILES string of the molecule is [CH2-]CC(C)CCC=C(C)C. The lowest BCUT2D eigenvalue weighted by molar-refractivity contribution is 0.544. The summed E-state index contributed by atoms with van der Waals surface area (Å²) in [6.07, 6.45) is 5.87. The number of rotatable bonds is 4. The zero-order chi connectivity index (χ0) is 7.98. The Balaban J connectivity index is 3.28. The van der Waals surface area contributed by atoms with Crippen LogP contribution in [0.4, 0.5) is 0 Å². The van der Waals surface area contributed by atoms with Gasteiger partial charge in [0.1, 0.15) is 0 Å². The second-order valence-corrected chi connectivity index (χ2v) is 3.25. The Morgan fingerprint density at radius 2 is 2.10 bits per heavy atom. The fourth-order valence-corrected chi connectivity index (χ4v) is 0.801. The standard InChI is InChI=1S/C10H19/c1-5-10(4)8-6-7-9(2)3/h7,10H,1,5-6,8H2,2-4H3/q-1. The average Bonchev–Trinajstić information content (AvgIpc) is 1.87. The predicted octanol–water partition coefficient (Wildman–Crippen LogP) is 3.59. The van der Waals surface area contributed by atoms with Gasteiger partial charge in [-0.15, -0.1) is 0 Å². The quantitative estimate of drug-likeness (QED) is 0.412. The first kappa shape index (κ1) is 9.74. The molecule has 60 valence electrons. The van der Waals surface area contributed by atoms with Crippen LogP contribution >= 0.6 is 0 Å². The molecule has 0 aliphatic carbocycles. The van der Waals surface area contributed by atoms with Crippen LogP contribution in [-0.2, 0) is 0 Å². The normalized spacial score (nSPS) is 12.8. The Morgan fingerprint density at radius 3 is 2.50 bits per heavy atom. The van der Waals surface area contributed by atoms with E-state index in [2.05, 4.69) is 33.8 Å². The van der Waals surface area contributed by atoms with Gasteiger partial charge >= 0.3 is 0 Å². The summed E-state index contributed by atoms with van der Waals surface area (Å²) >= 11 is 0. The molecule has 0 heterocycles. The minimum atomic E-state index is 0.788. The fraction of sp³-hybridized carbons (Fsp3) is 0.700. The highest BCUT2D eigenvalue weighted by Gasteiger charge is 1.91. The van der Waals surface area contributed by atoms with Gasteiger partial charge in [0.15, 0.2) is 0 Å². The molecule has 0 aromatic carbocycles.